The Morgan fingerprint density at radius 2 is 2.20 bits per heavy atom. The maximum atomic E-state index is 10.8. The highest BCUT2D eigenvalue weighted by Gasteiger charge is 2.21. The number of nitrogens with zero attached hydrogens (tertiary/aromatic N) is 3. The van der Waals surface area contributed by atoms with Crippen molar-refractivity contribution in [2.24, 2.45) is 0 Å². The van der Waals surface area contributed by atoms with E-state index in [1.54, 1.807) is 6.07 Å². The van der Waals surface area contributed by atoms with Crippen molar-refractivity contribution >= 4 is 17.3 Å². The van der Waals surface area contributed by atoms with Crippen LogP contribution < -0.4 is 5.32 Å². The number of hydrogen-bond donors (Lipinski definition) is 1. The normalized spacial score (nSPS) is 14.4. The van der Waals surface area contributed by atoms with Crippen LogP contribution in [0.15, 0.2) is 22.6 Å². The fourth-order valence-corrected chi connectivity index (χ4v) is 1.99. The lowest BCUT2D eigenvalue weighted by Crippen LogP contribution is -2.15. The van der Waals surface area contributed by atoms with E-state index in [1.165, 1.54) is 25.0 Å². The Bertz CT molecular complexity index is 654. The zero-order valence-electron chi connectivity index (χ0n) is 10.4. The zero-order chi connectivity index (χ0) is 14.1. The van der Waals surface area contributed by atoms with Gasteiger partial charge in [-0.1, -0.05) is 11.6 Å². The van der Waals surface area contributed by atoms with Gasteiger partial charge in [0.25, 0.3) is 5.69 Å². The third-order valence-corrected chi connectivity index (χ3v) is 3.14. The maximum Gasteiger partial charge on any atom is 0.271 e. The van der Waals surface area contributed by atoms with Crippen molar-refractivity contribution in [3.63, 3.8) is 0 Å². The molecule has 1 aromatic heterocycles. The molecule has 1 heterocycles. The van der Waals surface area contributed by atoms with Crippen LogP contribution in [0, 0.1) is 10.1 Å². The Morgan fingerprint density at radius 1 is 1.40 bits per heavy atom. The molecule has 1 aromatic carbocycles. The van der Waals surface area contributed by atoms with Gasteiger partial charge in [-0.3, -0.25) is 10.1 Å². The fourth-order valence-electron chi connectivity index (χ4n) is 1.76. The summed E-state index contributed by atoms with van der Waals surface area (Å²) >= 11 is 5.86. The van der Waals surface area contributed by atoms with E-state index in [9.17, 15) is 10.1 Å². The second-order valence-electron chi connectivity index (χ2n) is 4.61. The molecule has 1 saturated carbocycles. The molecule has 0 saturated heterocycles. The van der Waals surface area contributed by atoms with E-state index in [0.717, 1.165) is 0 Å². The minimum atomic E-state index is -0.513. The van der Waals surface area contributed by atoms with Crippen molar-refractivity contribution in [3.8, 4) is 11.5 Å². The summed E-state index contributed by atoms with van der Waals surface area (Å²) in [6, 6.07) is 4.73. The van der Waals surface area contributed by atoms with Crippen LogP contribution in [0.25, 0.3) is 11.5 Å². The maximum absolute atomic E-state index is 10.8. The van der Waals surface area contributed by atoms with Gasteiger partial charge in [-0.15, -0.1) is 10.2 Å². The smallest absolute Gasteiger partial charge is 0.271 e. The van der Waals surface area contributed by atoms with E-state index in [2.05, 4.69) is 15.5 Å². The Hall–Kier alpha value is -1.99. The molecular weight excluding hydrogens is 284 g/mol. The van der Waals surface area contributed by atoms with Crippen LogP contribution in [0.2, 0.25) is 5.02 Å². The van der Waals surface area contributed by atoms with Crippen molar-refractivity contribution in [2.45, 2.75) is 25.4 Å². The van der Waals surface area contributed by atoms with Gasteiger partial charge in [0.2, 0.25) is 11.8 Å². The Balaban J connectivity index is 1.82. The molecule has 0 aliphatic heterocycles. The number of rotatable bonds is 5. The molecular formula is C12H11ClN4O3. The number of non-ortho nitro benzene ring substituents is 1. The summed E-state index contributed by atoms with van der Waals surface area (Å²) in [6.07, 6.45) is 2.34. The summed E-state index contributed by atoms with van der Waals surface area (Å²) in [6.45, 7) is 0.500. The number of halogens is 1. The van der Waals surface area contributed by atoms with Crippen molar-refractivity contribution in [1.82, 2.24) is 15.5 Å². The number of nitrogens with one attached hydrogen (secondary N) is 1. The summed E-state index contributed by atoms with van der Waals surface area (Å²) in [5.41, 5.74) is 0.331. The van der Waals surface area contributed by atoms with E-state index in [1.807, 2.05) is 0 Å². The molecule has 7 nitrogen and oxygen atoms in total. The average molecular weight is 295 g/mol. The summed E-state index contributed by atoms with van der Waals surface area (Å²) in [5, 5.41) is 22.1. The van der Waals surface area contributed by atoms with E-state index in [4.69, 9.17) is 16.0 Å². The molecule has 104 valence electrons. The van der Waals surface area contributed by atoms with Gasteiger partial charge in [0.15, 0.2) is 0 Å². The lowest BCUT2D eigenvalue weighted by molar-refractivity contribution is -0.384. The second kappa shape index (κ2) is 5.18. The lowest BCUT2D eigenvalue weighted by atomic mass is 10.2. The van der Waals surface area contributed by atoms with Gasteiger partial charge >= 0.3 is 0 Å². The third-order valence-electron chi connectivity index (χ3n) is 2.93. The SMILES string of the molecule is O=[N+]([O-])c1cc(Cl)cc(-c2nnc(CNC3CC3)o2)c1. The van der Waals surface area contributed by atoms with Crippen LogP contribution in [0.5, 0.6) is 0 Å². The summed E-state index contributed by atoms with van der Waals surface area (Å²) in [4.78, 5) is 10.3. The summed E-state index contributed by atoms with van der Waals surface area (Å²) in [5.74, 6) is 0.678. The molecule has 0 bridgehead atoms. The topological polar surface area (TPSA) is 94.1 Å². The molecule has 2 aromatic rings. The summed E-state index contributed by atoms with van der Waals surface area (Å²) < 4.78 is 5.47. The lowest BCUT2D eigenvalue weighted by Gasteiger charge is -1.98. The van der Waals surface area contributed by atoms with Gasteiger partial charge in [-0.05, 0) is 18.9 Å². The van der Waals surface area contributed by atoms with Crippen LogP contribution in [-0.4, -0.2) is 21.2 Å². The van der Waals surface area contributed by atoms with E-state index in [-0.39, 0.29) is 16.6 Å². The van der Waals surface area contributed by atoms with Gasteiger partial charge in [-0.2, -0.15) is 0 Å². The highest BCUT2D eigenvalue weighted by atomic mass is 35.5. The van der Waals surface area contributed by atoms with Crippen LogP contribution in [0.3, 0.4) is 0 Å². The quantitative estimate of drug-likeness (QED) is 0.672. The molecule has 1 aliphatic rings. The van der Waals surface area contributed by atoms with Crippen LogP contribution in [0.4, 0.5) is 5.69 Å². The number of nitro benzene ring substituents is 1. The third kappa shape index (κ3) is 2.94. The van der Waals surface area contributed by atoms with Crippen LogP contribution >= 0.6 is 11.6 Å². The molecule has 1 fully saturated rings. The predicted molar refractivity (Wildman–Crippen MR) is 71.3 cm³/mol. The molecule has 0 amide bonds. The standard InChI is InChI=1S/C12H11ClN4O3/c13-8-3-7(4-10(5-8)17(18)19)12-16-15-11(20-12)6-14-9-1-2-9/h3-5,9,14H,1-2,6H2. The minimum Gasteiger partial charge on any atom is -0.419 e. The fraction of sp³-hybridized carbons (Fsp3) is 0.333. The highest BCUT2D eigenvalue weighted by Crippen LogP contribution is 2.27. The Kier molecular flexibility index (Phi) is 3.37. The molecule has 3 rings (SSSR count). The van der Waals surface area contributed by atoms with Gasteiger partial charge in [-0.25, -0.2) is 0 Å². The molecule has 1 aliphatic carbocycles. The van der Waals surface area contributed by atoms with E-state index in [0.29, 0.717) is 24.0 Å². The van der Waals surface area contributed by atoms with E-state index >= 15 is 0 Å². The molecule has 0 radical (unpaired) electrons. The molecule has 0 unspecified atom stereocenters. The minimum absolute atomic E-state index is 0.108. The van der Waals surface area contributed by atoms with Crippen LogP contribution in [-0.2, 0) is 6.54 Å². The molecule has 1 N–H and O–H groups in total. The molecule has 8 heteroatoms. The number of aromatic nitrogens is 2. The first-order valence-electron chi connectivity index (χ1n) is 6.13. The largest absolute Gasteiger partial charge is 0.419 e. The summed E-state index contributed by atoms with van der Waals surface area (Å²) in [7, 11) is 0. The van der Waals surface area contributed by atoms with Crippen molar-refractivity contribution < 1.29 is 9.34 Å². The average Bonchev–Trinajstić information content (AvgIpc) is 3.12. The second-order valence-corrected chi connectivity index (χ2v) is 5.05. The van der Waals surface area contributed by atoms with Gasteiger partial charge in [0.1, 0.15) is 0 Å². The number of hydrogen-bond acceptors (Lipinski definition) is 6. The van der Waals surface area contributed by atoms with Gasteiger partial charge in [0.05, 0.1) is 11.5 Å². The predicted octanol–water partition coefficient (Wildman–Crippen LogP) is 2.55. The van der Waals surface area contributed by atoms with Gasteiger partial charge in [0, 0.05) is 28.8 Å². The van der Waals surface area contributed by atoms with E-state index < -0.39 is 4.92 Å². The van der Waals surface area contributed by atoms with Crippen molar-refractivity contribution in [3.05, 3.63) is 39.2 Å². The van der Waals surface area contributed by atoms with Crippen LogP contribution in [0.1, 0.15) is 18.7 Å². The zero-order valence-corrected chi connectivity index (χ0v) is 11.1. The van der Waals surface area contributed by atoms with Crippen molar-refractivity contribution in [2.75, 3.05) is 0 Å². The first-order chi connectivity index (χ1) is 9.61. The number of benzene rings is 1. The first-order valence-corrected chi connectivity index (χ1v) is 6.51. The monoisotopic (exact) mass is 294 g/mol. The Morgan fingerprint density at radius 3 is 2.90 bits per heavy atom. The molecule has 0 atom stereocenters. The first kappa shape index (κ1) is 13.0. The number of nitro groups is 1. The van der Waals surface area contributed by atoms with Crippen molar-refractivity contribution in [1.29, 1.82) is 0 Å². The van der Waals surface area contributed by atoms with Gasteiger partial charge < -0.3 is 9.73 Å². The highest BCUT2D eigenvalue weighted by molar-refractivity contribution is 6.31. The Labute approximate surface area is 119 Å². The molecule has 0 spiro atoms. The molecule has 20 heavy (non-hydrogen) atoms.